The Morgan fingerprint density at radius 3 is 2.87 bits per heavy atom. The van der Waals surface area contributed by atoms with Gasteiger partial charge < -0.3 is 15.0 Å². The van der Waals surface area contributed by atoms with Crippen LogP contribution in [0.15, 0.2) is 22.5 Å². The lowest BCUT2D eigenvalue weighted by Crippen LogP contribution is -2.42. The van der Waals surface area contributed by atoms with E-state index in [4.69, 9.17) is 9.73 Å². The molecule has 6 heteroatoms. The summed E-state index contributed by atoms with van der Waals surface area (Å²) in [6.07, 6.45) is 5.46. The zero-order chi connectivity index (χ0) is 16.5. The number of likely N-dealkylation sites (N-methyl/N-ethyl adjacent to an activating group) is 1. The number of thioether (sulfide) groups is 1. The molecule has 0 aromatic carbocycles. The molecule has 0 saturated carbocycles. The first-order chi connectivity index (χ1) is 11.2. The fourth-order valence-corrected chi connectivity index (χ4v) is 4.16. The van der Waals surface area contributed by atoms with Crippen LogP contribution in [0.2, 0.25) is 0 Å². The highest BCUT2D eigenvalue weighted by Crippen LogP contribution is 2.34. The van der Waals surface area contributed by atoms with Gasteiger partial charge >= 0.3 is 0 Å². The van der Waals surface area contributed by atoms with Gasteiger partial charge in [0, 0.05) is 43.0 Å². The highest BCUT2D eigenvalue weighted by atomic mass is 32.2. The largest absolute Gasteiger partial charge is 0.381 e. The quantitative estimate of drug-likeness (QED) is 0.602. The van der Waals surface area contributed by atoms with E-state index >= 15 is 0 Å². The molecule has 0 atom stereocenters. The highest BCUT2D eigenvalue weighted by molar-refractivity contribution is 8.00. The Bertz CT molecular complexity index is 470. The lowest BCUT2D eigenvalue weighted by atomic mass is 9.99. The molecule has 1 aromatic heterocycles. The molecule has 0 aliphatic carbocycles. The molecule has 0 spiro atoms. The van der Waals surface area contributed by atoms with E-state index in [0.717, 1.165) is 58.1 Å². The summed E-state index contributed by atoms with van der Waals surface area (Å²) in [6.45, 7) is 6.60. The summed E-state index contributed by atoms with van der Waals surface area (Å²) < 4.78 is 5.77. The molecule has 1 aliphatic heterocycles. The summed E-state index contributed by atoms with van der Waals surface area (Å²) in [6, 6.07) is 4.32. The molecule has 23 heavy (non-hydrogen) atoms. The smallest absolute Gasteiger partial charge is 0.193 e. The zero-order valence-corrected chi connectivity index (χ0v) is 16.1. The second kappa shape index (κ2) is 9.55. The molecule has 1 saturated heterocycles. The summed E-state index contributed by atoms with van der Waals surface area (Å²) in [5, 5.41) is 5.57. The van der Waals surface area contributed by atoms with Crippen molar-refractivity contribution in [3.8, 4) is 0 Å². The maximum Gasteiger partial charge on any atom is 0.193 e. The number of thiophene rings is 1. The van der Waals surface area contributed by atoms with E-state index < -0.39 is 0 Å². The van der Waals surface area contributed by atoms with Gasteiger partial charge in [0.05, 0.1) is 6.54 Å². The number of guanidine groups is 1. The minimum absolute atomic E-state index is 0.244. The third kappa shape index (κ3) is 5.69. The fraction of sp³-hybridized carbons (Fsp3) is 0.706. The summed E-state index contributed by atoms with van der Waals surface area (Å²) in [5.41, 5.74) is 0. The van der Waals surface area contributed by atoms with Crippen LogP contribution in [-0.2, 0) is 11.2 Å². The van der Waals surface area contributed by atoms with Crippen molar-refractivity contribution in [2.75, 3.05) is 46.2 Å². The monoisotopic (exact) mass is 355 g/mol. The Morgan fingerprint density at radius 2 is 2.26 bits per heavy atom. The molecule has 1 N–H and O–H groups in total. The maximum absolute atomic E-state index is 5.52. The second-order valence-electron chi connectivity index (χ2n) is 5.92. The first-order valence-corrected chi connectivity index (χ1v) is 10.4. The van der Waals surface area contributed by atoms with Crippen LogP contribution in [0.5, 0.6) is 0 Å². The predicted octanol–water partition coefficient (Wildman–Crippen LogP) is 3.10. The number of hydrogen-bond donors (Lipinski definition) is 1. The number of hydrogen-bond acceptors (Lipinski definition) is 4. The van der Waals surface area contributed by atoms with Gasteiger partial charge in [-0.25, -0.2) is 0 Å². The molecular weight excluding hydrogens is 326 g/mol. The van der Waals surface area contributed by atoms with Gasteiger partial charge in [-0.2, -0.15) is 11.8 Å². The van der Waals surface area contributed by atoms with Gasteiger partial charge in [-0.3, -0.25) is 4.99 Å². The van der Waals surface area contributed by atoms with E-state index in [0.29, 0.717) is 0 Å². The lowest BCUT2D eigenvalue weighted by Gasteiger charge is -2.34. The van der Waals surface area contributed by atoms with Crippen LogP contribution >= 0.6 is 23.1 Å². The minimum atomic E-state index is 0.244. The Balaban J connectivity index is 1.94. The lowest BCUT2D eigenvalue weighted by molar-refractivity contribution is 0.0793. The number of nitrogens with one attached hydrogen (secondary N) is 1. The fourth-order valence-electron chi connectivity index (χ4n) is 2.70. The van der Waals surface area contributed by atoms with Crippen molar-refractivity contribution < 1.29 is 4.74 Å². The minimum Gasteiger partial charge on any atom is -0.381 e. The van der Waals surface area contributed by atoms with Crippen LogP contribution in [0.3, 0.4) is 0 Å². The van der Waals surface area contributed by atoms with E-state index in [2.05, 4.69) is 48.0 Å². The van der Waals surface area contributed by atoms with Crippen molar-refractivity contribution in [3.05, 3.63) is 22.4 Å². The number of ether oxygens (including phenoxy) is 1. The van der Waals surface area contributed by atoms with E-state index in [9.17, 15) is 0 Å². The Hall–Kier alpha value is -0.720. The molecule has 130 valence electrons. The predicted molar refractivity (Wildman–Crippen MR) is 103 cm³/mol. The molecular formula is C17H29N3OS2. The summed E-state index contributed by atoms with van der Waals surface area (Å²) in [5.74, 6) is 1.02. The summed E-state index contributed by atoms with van der Waals surface area (Å²) >= 11 is 3.77. The van der Waals surface area contributed by atoms with Gasteiger partial charge in [-0.05, 0) is 43.9 Å². The van der Waals surface area contributed by atoms with Crippen molar-refractivity contribution in [1.82, 2.24) is 10.2 Å². The first-order valence-electron chi connectivity index (χ1n) is 8.34. The Morgan fingerprint density at radius 1 is 1.48 bits per heavy atom. The van der Waals surface area contributed by atoms with E-state index in [-0.39, 0.29) is 4.75 Å². The zero-order valence-electron chi connectivity index (χ0n) is 14.5. The highest BCUT2D eigenvalue weighted by Gasteiger charge is 2.31. The van der Waals surface area contributed by atoms with Crippen LogP contribution < -0.4 is 5.32 Å². The van der Waals surface area contributed by atoms with Crippen molar-refractivity contribution in [1.29, 1.82) is 0 Å². The SMILES string of the molecule is CCNC(=NCC1(SC)CCOCC1)N(C)CCc1cccs1. The van der Waals surface area contributed by atoms with Crippen molar-refractivity contribution >= 4 is 29.1 Å². The second-order valence-corrected chi connectivity index (χ2v) is 8.23. The molecule has 2 heterocycles. The normalized spacial score (nSPS) is 18.0. The van der Waals surface area contributed by atoms with Crippen LogP contribution in [0.1, 0.15) is 24.6 Å². The average Bonchev–Trinajstić information content (AvgIpc) is 3.11. The molecule has 0 amide bonds. The average molecular weight is 356 g/mol. The molecule has 2 rings (SSSR count). The van der Waals surface area contributed by atoms with Gasteiger partial charge in [0.15, 0.2) is 5.96 Å². The van der Waals surface area contributed by atoms with Crippen molar-refractivity contribution in [2.45, 2.75) is 30.9 Å². The molecule has 0 radical (unpaired) electrons. The molecule has 1 fully saturated rings. The molecule has 0 bridgehead atoms. The molecule has 1 aromatic rings. The van der Waals surface area contributed by atoms with Crippen molar-refractivity contribution in [2.24, 2.45) is 4.99 Å². The Kier molecular flexibility index (Phi) is 7.73. The Labute approximate surface area is 148 Å². The van der Waals surface area contributed by atoms with Gasteiger partial charge in [0.1, 0.15) is 0 Å². The van der Waals surface area contributed by atoms with Gasteiger partial charge in [0.25, 0.3) is 0 Å². The van der Waals surface area contributed by atoms with Gasteiger partial charge in [-0.15, -0.1) is 11.3 Å². The van der Waals surface area contributed by atoms with Crippen LogP contribution in [-0.4, -0.2) is 61.8 Å². The standard InChI is InChI=1S/C17H29N3OS2/c1-4-18-16(20(2)10-7-15-6-5-13-23-15)19-14-17(22-3)8-11-21-12-9-17/h5-6,13H,4,7-12,14H2,1-3H3,(H,18,19). The van der Waals surface area contributed by atoms with Gasteiger partial charge in [0.2, 0.25) is 0 Å². The topological polar surface area (TPSA) is 36.9 Å². The molecule has 1 aliphatic rings. The first kappa shape index (κ1) is 18.6. The van der Waals surface area contributed by atoms with Gasteiger partial charge in [-0.1, -0.05) is 6.07 Å². The third-order valence-electron chi connectivity index (χ3n) is 4.32. The molecule has 4 nitrogen and oxygen atoms in total. The van der Waals surface area contributed by atoms with E-state index in [1.165, 1.54) is 4.88 Å². The van der Waals surface area contributed by atoms with Crippen LogP contribution in [0.4, 0.5) is 0 Å². The number of aliphatic imine (C=N–C) groups is 1. The van der Waals surface area contributed by atoms with Crippen LogP contribution in [0, 0.1) is 0 Å². The van der Waals surface area contributed by atoms with E-state index in [1.54, 1.807) is 0 Å². The summed E-state index contributed by atoms with van der Waals surface area (Å²) in [7, 11) is 2.13. The van der Waals surface area contributed by atoms with Crippen molar-refractivity contribution in [3.63, 3.8) is 0 Å². The molecule has 0 unspecified atom stereocenters. The third-order valence-corrected chi connectivity index (χ3v) is 6.66. The van der Waals surface area contributed by atoms with Crippen LogP contribution in [0.25, 0.3) is 0 Å². The number of nitrogens with zero attached hydrogens (tertiary/aromatic N) is 2. The maximum atomic E-state index is 5.52. The number of rotatable bonds is 7. The summed E-state index contributed by atoms with van der Waals surface area (Å²) in [4.78, 5) is 8.61. The van der Waals surface area contributed by atoms with E-state index in [1.807, 2.05) is 23.1 Å².